The number of benzene rings is 3. The van der Waals surface area contributed by atoms with Crippen LogP contribution in [0.5, 0.6) is 0 Å². The van der Waals surface area contributed by atoms with Crippen LogP contribution in [0.15, 0.2) is 72.8 Å². The third-order valence-corrected chi connectivity index (χ3v) is 5.32. The van der Waals surface area contributed by atoms with Crippen molar-refractivity contribution in [1.29, 1.82) is 0 Å². The van der Waals surface area contributed by atoms with Crippen LogP contribution >= 0.6 is 0 Å². The standard InChI is InChI=1S/C23H14F3N3O2/c24-13-6-4-12(5-7-13)19-21(15-2-1-3-16(25)20(15)26)29(23(31)22(19)30)14-8-9-17-18(10-14)28-11-27-17/h1-11,21,30H,(H,27,28). The van der Waals surface area contributed by atoms with E-state index in [9.17, 15) is 23.1 Å². The lowest BCUT2D eigenvalue weighted by atomic mass is 9.92. The van der Waals surface area contributed by atoms with Gasteiger partial charge in [-0.05, 0) is 42.0 Å². The topological polar surface area (TPSA) is 69.2 Å². The number of hydrogen-bond donors (Lipinski definition) is 2. The molecule has 1 unspecified atom stereocenters. The number of carbonyl (C=O) groups excluding carboxylic acids is 1. The first-order valence-electron chi connectivity index (χ1n) is 9.35. The summed E-state index contributed by atoms with van der Waals surface area (Å²) < 4.78 is 42.4. The van der Waals surface area contributed by atoms with Gasteiger partial charge in [0.2, 0.25) is 0 Å². The molecular formula is C23H14F3N3O2. The molecule has 0 spiro atoms. The van der Waals surface area contributed by atoms with Crippen LogP contribution in [-0.4, -0.2) is 21.0 Å². The van der Waals surface area contributed by atoms with Crippen molar-refractivity contribution >= 4 is 28.2 Å². The lowest BCUT2D eigenvalue weighted by Crippen LogP contribution is -2.30. The fraction of sp³-hybridized carbons (Fsp3) is 0.0435. The van der Waals surface area contributed by atoms with Crippen molar-refractivity contribution in [3.05, 3.63) is 101 Å². The van der Waals surface area contributed by atoms with E-state index in [0.717, 1.165) is 6.07 Å². The first-order valence-corrected chi connectivity index (χ1v) is 9.35. The van der Waals surface area contributed by atoms with E-state index in [2.05, 4.69) is 9.97 Å². The summed E-state index contributed by atoms with van der Waals surface area (Å²) in [7, 11) is 0. The molecule has 8 heteroatoms. The fourth-order valence-electron chi connectivity index (χ4n) is 3.90. The van der Waals surface area contributed by atoms with Crippen LogP contribution < -0.4 is 4.90 Å². The van der Waals surface area contributed by atoms with Gasteiger partial charge in [0, 0.05) is 16.8 Å². The van der Waals surface area contributed by atoms with Gasteiger partial charge in [0.1, 0.15) is 5.82 Å². The maximum absolute atomic E-state index is 14.9. The number of aromatic amines is 1. The maximum atomic E-state index is 14.9. The van der Waals surface area contributed by atoms with Gasteiger partial charge in [0.05, 0.1) is 23.4 Å². The quantitative estimate of drug-likeness (QED) is 0.487. The Morgan fingerprint density at radius 1 is 1.00 bits per heavy atom. The second-order valence-electron chi connectivity index (χ2n) is 7.09. The number of aromatic nitrogens is 2. The molecule has 0 aliphatic carbocycles. The number of aliphatic hydroxyl groups is 1. The number of imidazole rings is 1. The number of hydrogen-bond acceptors (Lipinski definition) is 3. The van der Waals surface area contributed by atoms with Crippen LogP contribution in [0, 0.1) is 17.5 Å². The van der Waals surface area contributed by atoms with Gasteiger partial charge >= 0.3 is 0 Å². The van der Waals surface area contributed by atoms with Gasteiger partial charge < -0.3 is 10.1 Å². The number of nitrogens with zero attached hydrogens (tertiary/aromatic N) is 2. The van der Waals surface area contributed by atoms with E-state index in [1.807, 2.05) is 0 Å². The molecule has 0 saturated heterocycles. The van der Waals surface area contributed by atoms with E-state index in [1.165, 1.54) is 47.6 Å². The number of rotatable bonds is 3. The Morgan fingerprint density at radius 2 is 1.77 bits per heavy atom. The number of aliphatic hydroxyl groups excluding tert-OH is 1. The normalized spacial score (nSPS) is 16.5. The Balaban J connectivity index is 1.74. The Labute approximate surface area is 174 Å². The van der Waals surface area contributed by atoms with Crippen LogP contribution in [0.1, 0.15) is 17.2 Å². The predicted octanol–water partition coefficient (Wildman–Crippen LogP) is 5.04. The number of fused-ring (bicyclic) bond motifs is 1. The van der Waals surface area contributed by atoms with Gasteiger partial charge in [-0.25, -0.2) is 18.2 Å². The van der Waals surface area contributed by atoms with Crippen molar-refractivity contribution in [3.8, 4) is 0 Å². The van der Waals surface area contributed by atoms with E-state index in [1.54, 1.807) is 18.2 Å². The highest BCUT2D eigenvalue weighted by Crippen LogP contribution is 2.46. The molecule has 154 valence electrons. The summed E-state index contributed by atoms with van der Waals surface area (Å²) in [6.07, 6.45) is 1.49. The molecule has 5 nitrogen and oxygen atoms in total. The summed E-state index contributed by atoms with van der Waals surface area (Å²) in [4.78, 5) is 21.4. The SMILES string of the molecule is O=C1C(O)=C(c2ccc(F)cc2)C(c2cccc(F)c2F)N1c1ccc2nc[nH]c2c1. The molecule has 0 radical (unpaired) electrons. The Hall–Kier alpha value is -4.07. The molecule has 4 aromatic rings. The van der Waals surface area contributed by atoms with E-state index < -0.39 is 35.2 Å². The summed E-state index contributed by atoms with van der Waals surface area (Å²) in [6.45, 7) is 0. The molecule has 0 fully saturated rings. The molecule has 2 heterocycles. The molecule has 1 aliphatic heterocycles. The third kappa shape index (κ3) is 2.95. The fourth-order valence-corrected chi connectivity index (χ4v) is 3.90. The van der Waals surface area contributed by atoms with Gasteiger partial charge in [0.15, 0.2) is 17.4 Å². The minimum Gasteiger partial charge on any atom is -0.503 e. The first-order chi connectivity index (χ1) is 15.0. The number of halogens is 3. The highest BCUT2D eigenvalue weighted by molar-refractivity contribution is 6.16. The average molecular weight is 421 g/mol. The summed E-state index contributed by atoms with van der Waals surface area (Å²) >= 11 is 0. The average Bonchev–Trinajstić information content (AvgIpc) is 3.33. The Morgan fingerprint density at radius 3 is 2.55 bits per heavy atom. The van der Waals surface area contributed by atoms with Gasteiger partial charge in [-0.1, -0.05) is 24.3 Å². The van der Waals surface area contributed by atoms with Gasteiger partial charge in [-0.2, -0.15) is 0 Å². The highest BCUT2D eigenvalue weighted by atomic mass is 19.2. The largest absolute Gasteiger partial charge is 0.503 e. The Kier molecular flexibility index (Phi) is 4.28. The van der Waals surface area contributed by atoms with Crippen LogP contribution in [0.2, 0.25) is 0 Å². The van der Waals surface area contributed by atoms with Crippen molar-refractivity contribution < 1.29 is 23.1 Å². The smallest absolute Gasteiger partial charge is 0.294 e. The minimum atomic E-state index is -1.17. The highest BCUT2D eigenvalue weighted by Gasteiger charge is 2.43. The third-order valence-electron chi connectivity index (χ3n) is 5.32. The minimum absolute atomic E-state index is 0.0548. The second-order valence-corrected chi connectivity index (χ2v) is 7.09. The van der Waals surface area contributed by atoms with Crippen LogP contribution in [0.3, 0.4) is 0 Å². The van der Waals surface area contributed by atoms with Crippen molar-refractivity contribution in [2.24, 2.45) is 0 Å². The second kappa shape index (κ2) is 7.02. The summed E-state index contributed by atoms with van der Waals surface area (Å²) in [5.74, 6) is -4.14. The molecule has 5 rings (SSSR count). The molecule has 1 aliphatic rings. The summed E-state index contributed by atoms with van der Waals surface area (Å²) in [5.41, 5.74) is 1.85. The monoisotopic (exact) mass is 421 g/mol. The number of anilines is 1. The van der Waals surface area contributed by atoms with E-state index in [-0.39, 0.29) is 11.1 Å². The predicted molar refractivity (Wildman–Crippen MR) is 109 cm³/mol. The zero-order valence-corrected chi connectivity index (χ0v) is 15.8. The molecule has 1 amide bonds. The van der Waals surface area contributed by atoms with Crippen molar-refractivity contribution in [3.63, 3.8) is 0 Å². The zero-order chi connectivity index (χ0) is 21.7. The number of carbonyl (C=O) groups is 1. The van der Waals surface area contributed by atoms with Crippen molar-refractivity contribution in [2.75, 3.05) is 4.90 Å². The van der Waals surface area contributed by atoms with E-state index >= 15 is 0 Å². The van der Waals surface area contributed by atoms with Crippen molar-refractivity contribution in [1.82, 2.24) is 9.97 Å². The van der Waals surface area contributed by atoms with Gasteiger partial charge in [-0.15, -0.1) is 0 Å². The molecular weight excluding hydrogens is 407 g/mol. The van der Waals surface area contributed by atoms with Gasteiger partial charge in [0.25, 0.3) is 5.91 Å². The molecule has 0 saturated carbocycles. The number of H-pyrrole nitrogens is 1. The lowest BCUT2D eigenvalue weighted by Gasteiger charge is -2.28. The van der Waals surface area contributed by atoms with Crippen LogP contribution in [-0.2, 0) is 4.79 Å². The molecule has 0 bridgehead atoms. The molecule has 31 heavy (non-hydrogen) atoms. The zero-order valence-electron chi connectivity index (χ0n) is 15.8. The molecule has 3 aromatic carbocycles. The maximum Gasteiger partial charge on any atom is 0.294 e. The van der Waals surface area contributed by atoms with Crippen molar-refractivity contribution in [2.45, 2.75) is 6.04 Å². The summed E-state index contributed by atoms with van der Waals surface area (Å²) in [6, 6.07) is 12.5. The van der Waals surface area contributed by atoms with Crippen LogP contribution in [0.25, 0.3) is 16.6 Å². The first kappa shape index (κ1) is 18.9. The van der Waals surface area contributed by atoms with E-state index in [4.69, 9.17) is 0 Å². The molecule has 2 N–H and O–H groups in total. The van der Waals surface area contributed by atoms with Gasteiger partial charge in [-0.3, -0.25) is 9.69 Å². The summed E-state index contributed by atoms with van der Waals surface area (Å²) in [5, 5.41) is 10.7. The Bertz CT molecular complexity index is 1360. The number of amides is 1. The molecule has 1 aromatic heterocycles. The van der Waals surface area contributed by atoms with Crippen LogP contribution in [0.4, 0.5) is 18.9 Å². The molecule has 1 atom stereocenters. The lowest BCUT2D eigenvalue weighted by molar-refractivity contribution is -0.117. The number of nitrogens with one attached hydrogen (secondary N) is 1. The van der Waals surface area contributed by atoms with E-state index in [0.29, 0.717) is 22.3 Å².